The molecular formula is C35H44ClN3O5S. The molecule has 2 atom stereocenters. The maximum atomic E-state index is 13.9. The molecule has 0 spiro atoms. The number of carbonyl (C=O) groups excluding carboxylic acids is 1. The number of nitrogens with zero attached hydrogens (tertiary/aromatic N) is 2. The molecule has 0 bridgehead atoms. The lowest BCUT2D eigenvalue weighted by Crippen LogP contribution is -2.41. The second kappa shape index (κ2) is 14.0. The molecule has 3 aromatic rings. The van der Waals surface area contributed by atoms with Gasteiger partial charge in [0, 0.05) is 36.0 Å². The topological polar surface area (TPSA) is 88.2 Å². The van der Waals surface area contributed by atoms with E-state index in [9.17, 15) is 13.2 Å². The molecule has 0 aromatic heterocycles. The summed E-state index contributed by atoms with van der Waals surface area (Å²) in [4.78, 5) is 18.0. The van der Waals surface area contributed by atoms with Crippen LogP contribution in [0.1, 0.15) is 68.7 Å². The number of hydrogen-bond donors (Lipinski definition) is 1. The van der Waals surface area contributed by atoms with E-state index in [1.165, 1.54) is 6.26 Å². The predicted octanol–water partition coefficient (Wildman–Crippen LogP) is 6.75. The van der Waals surface area contributed by atoms with Crippen molar-refractivity contribution in [1.29, 1.82) is 0 Å². The second-order valence-corrected chi connectivity index (χ2v) is 14.7. The number of carbonyl (C=O) groups is 1. The van der Waals surface area contributed by atoms with E-state index in [1.807, 2.05) is 60.4 Å². The monoisotopic (exact) mass is 653 g/mol. The van der Waals surface area contributed by atoms with Crippen LogP contribution in [0.5, 0.6) is 11.5 Å². The molecule has 1 N–H and O–H groups in total. The summed E-state index contributed by atoms with van der Waals surface area (Å²) >= 11 is 6.27. The summed E-state index contributed by atoms with van der Waals surface area (Å²) in [6, 6.07) is 19.5. The highest BCUT2D eigenvalue weighted by atomic mass is 35.5. The van der Waals surface area contributed by atoms with Gasteiger partial charge in [-0.05, 0) is 110 Å². The van der Waals surface area contributed by atoms with Gasteiger partial charge in [-0.3, -0.25) is 4.79 Å². The van der Waals surface area contributed by atoms with Gasteiger partial charge in [-0.1, -0.05) is 30.7 Å². The van der Waals surface area contributed by atoms with E-state index in [2.05, 4.69) is 35.7 Å². The molecule has 0 saturated heterocycles. The van der Waals surface area contributed by atoms with Crippen molar-refractivity contribution >= 4 is 38.9 Å². The van der Waals surface area contributed by atoms with Crippen LogP contribution in [0, 0.1) is 5.92 Å². The first-order valence-corrected chi connectivity index (χ1v) is 18.0. The number of hydrogen-bond acceptors (Lipinski definition) is 6. The summed E-state index contributed by atoms with van der Waals surface area (Å²) in [6.45, 7) is 5.00. The van der Waals surface area contributed by atoms with E-state index in [1.54, 1.807) is 7.11 Å². The fourth-order valence-corrected chi connectivity index (χ4v) is 7.47. The van der Waals surface area contributed by atoms with Crippen molar-refractivity contribution in [2.45, 2.75) is 70.6 Å². The second-order valence-electron chi connectivity index (χ2n) is 12.4. The molecule has 1 aliphatic carbocycles. The fraction of sp³-hybridized carbons (Fsp3) is 0.457. The Balaban J connectivity index is 1.40. The van der Waals surface area contributed by atoms with Gasteiger partial charge in [-0.25, -0.2) is 13.1 Å². The number of amides is 1. The Bertz CT molecular complexity index is 1590. The van der Waals surface area contributed by atoms with Gasteiger partial charge in [0.15, 0.2) is 11.5 Å². The third-order valence-electron chi connectivity index (χ3n) is 9.01. The number of benzene rings is 3. The molecule has 242 valence electrons. The molecule has 1 saturated carbocycles. The van der Waals surface area contributed by atoms with Crippen molar-refractivity contribution in [2.24, 2.45) is 5.92 Å². The van der Waals surface area contributed by atoms with E-state index in [0.29, 0.717) is 22.4 Å². The first kappa shape index (κ1) is 33.1. The lowest BCUT2D eigenvalue weighted by atomic mass is 9.86. The van der Waals surface area contributed by atoms with Crippen LogP contribution in [-0.2, 0) is 21.2 Å². The maximum Gasteiger partial charge on any atom is 0.232 e. The average Bonchev–Trinajstić information content (AvgIpc) is 3.01. The number of halogens is 1. The normalized spacial score (nSPS) is 20.8. The molecule has 3 aromatic carbocycles. The Hall–Kier alpha value is -3.27. The molecule has 2 aliphatic rings. The number of anilines is 2. The van der Waals surface area contributed by atoms with E-state index >= 15 is 0 Å². The summed E-state index contributed by atoms with van der Waals surface area (Å²) in [5.74, 6) is 1.78. The summed E-state index contributed by atoms with van der Waals surface area (Å²) in [6.07, 6.45) is 6.00. The quantitative estimate of drug-likeness (QED) is 0.246. The van der Waals surface area contributed by atoms with Gasteiger partial charge in [0.05, 0.1) is 31.9 Å². The van der Waals surface area contributed by atoms with Gasteiger partial charge in [0.1, 0.15) is 0 Å². The van der Waals surface area contributed by atoms with Crippen molar-refractivity contribution in [3.63, 3.8) is 0 Å². The molecule has 45 heavy (non-hydrogen) atoms. The third-order valence-corrected chi connectivity index (χ3v) is 10.0. The van der Waals surface area contributed by atoms with Crippen molar-refractivity contribution in [2.75, 3.05) is 36.8 Å². The zero-order valence-electron chi connectivity index (χ0n) is 26.8. The zero-order valence-corrected chi connectivity index (χ0v) is 28.3. The van der Waals surface area contributed by atoms with Gasteiger partial charge < -0.3 is 19.3 Å². The van der Waals surface area contributed by atoms with Crippen LogP contribution in [0.2, 0.25) is 5.02 Å². The highest BCUT2D eigenvalue weighted by Crippen LogP contribution is 2.44. The van der Waals surface area contributed by atoms with Gasteiger partial charge in [-0.15, -0.1) is 0 Å². The van der Waals surface area contributed by atoms with Gasteiger partial charge in [0.2, 0.25) is 15.9 Å². The standard InChI is InChI=1S/C35H44ClN3O5S/c1-6-23(2)44-33-21-31-26(19-32(33)43-4)20-34(40)39(35(31)25-9-11-27(36)12-10-25)30-17-15-29(16-18-30)38(3)22-24-7-13-28(14-8-24)37-45(5,41)42/h9-12,15-19,21,23-24,28,35,37H,6-8,13-14,20,22H2,1-5H3/t23-,24-,28-,35?/m1/s1. The van der Waals surface area contributed by atoms with Crippen molar-refractivity contribution < 1.29 is 22.7 Å². The van der Waals surface area contributed by atoms with Crippen LogP contribution in [0.15, 0.2) is 60.7 Å². The highest BCUT2D eigenvalue weighted by Gasteiger charge is 2.36. The first-order valence-electron chi connectivity index (χ1n) is 15.7. The molecule has 8 nitrogen and oxygen atoms in total. The smallest absolute Gasteiger partial charge is 0.232 e. The van der Waals surface area contributed by atoms with Gasteiger partial charge in [-0.2, -0.15) is 0 Å². The van der Waals surface area contributed by atoms with E-state index in [-0.39, 0.29) is 30.5 Å². The number of rotatable bonds is 11. The largest absolute Gasteiger partial charge is 0.493 e. The number of ether oxygens (including phenoxy) is 2. The summed E-state index contributed by atoms with van der Waals surface area (Å²) < 4.78 is 37.9. The SMILES string of the molecule is CC[C@@H](C)Oc1cc2c(cc1OC)CC(=O)N(c1ccc(N(C)C[C@H]3CC[C@H](NS(C)(=O)=O)CC3)cc1)C2c1ccc(Cl)cc1. The molecule has 0 radical (unpaired) electrons. The van der Waals surface area contributed by atoms with Gasteiger partial charge in [0.25, 0.3) is 0 Å². The minimum absolute atomic E-state index is 0.000616. The number of fused-ring (bicyclic) bond motifs is 1. The molecule has 1 amide bonds. The fourth-order valence-electron chi connectivity index (χ4n) is 6.50. The van der Waals surface area contributed by atoms with Crippen LogP contribution in [0.3, 0.4) is 0 Å². The minimum atomic E-state index is -3.18. The van der Waals surface area contributed by atoms with Crippen LogP contribution in [0.4, 0.5) is 11.4 Å². The first-order chi connectivity index (χ1) is 21.5. The minimum Gasteiger partial charge on any atom is -0.493 e. The number of nitrogens with one attached hydrogen (secondary N) is 1. The molecule has 5 rings (SSSR count). The Labute approximate surface area is 272 Å². The molecule has 1 fully saturated rings. The van der Waals surface area contributed by atoms with E-state index in [4.69, 9.17) is 21.1 Å². The zero-order chi connectivity index (χ0) is 32.3. The van der Waals surface area contributed by atoms with Crippen LogP contribution in [-0.4, -0.2) is 53.4 Å². The molecular weight excluding hydrogens is 610 g/mol. The van der Waals surface area contributed by atoms with Crippen molar-refractivity contribution in [3.8, 4) is 11.5 Å². The Kier molecular flexibility index (Phi) is 10.3. The molecule has 1 heterocycles. The summed E-state index contributed by atoms with van der Waals surface area (Å²) in [5.41, 5.74) is 4.75. The van der Waals surface area contributed by atoms with Crippen molar-refractivity contribution in [1.82, 2.24) is 4.72 Å². The van der Waals surface area contributed by atoms with E-state index in [0.717, 1.165) is 66.7 Å². The lowest BCUT2D eigenvalue weighted by Gasteiger charge is -2.38. The molecule has 10 heteroatoms. The van der Waals surface area contributed by atoms with Gasteiger partial charge >= 0.3 is 0 Å². The van der Waals surface area contributed by atoms with Crippen molar-refractivity contribution in [3.05, 3.63) is 82.4 Å². The van der Waals surface area contributed by atoms with E-state index < -0.39 is 10.0 Å². The Morgan fingerprint density at radius 3 is 2.29 bits per heavy atom. The predicted molar refractivity (Wildman–Crippen MR) is 181 cm³/mol. The maximum absolute atomic E-state index is 13.9. The third kappa shape index (κ3) is 7.94. The highest BCUT2D eigenvalue weighted by molar-refractivity contribution is 7.88. The Morgan fingerprint density at radius 2 is 1.69 bits per heavy atom. The average molecular weight is 654 g/mol. The molecule has 1 aliphatic heterocycles. The van der Waals surface area contributed by atoms with Crippen LogP contribution >= 0.6 is 11.6 Å². The lowest BCUT2D eigenvalue weighted by molar-refractivity contribution is -0.118. The number of sulfonamides is 1. The molecule has 1 unspecified atom stereocenters. The number of methoxy groups -OCH3 is 1. The van der Waals surface area contributed by atoms with Crippen LogP contribution in [0.25, 0.3) is 0 Å². The summed E-state index contributed by atoms with van der Waals surface area (Å²) in [7, 11) is 0.525. The van der Waals surface area contributed by atoms with Crippen LogP contribution < -0.4 is 24.0 Å². The Morgan fingerprint density at radius 1 is 1.02 bits per heavy atom. The summed E-state index contributed by atoms with van der Waals surface area (Å²) in [5, 5.41) is 0.635.